The monoisotopic (exact) mass is 165 g/mol. The van der Waals surface area contributed by atoms with Crippen LogP contribution in [0.4, 0.5) is 0 Å². The van der Waals surface area contributed by atoms with Crippen LogP contribution in [0.3, 0.4) is 0 Å². The molecule has 0 N–H and O–H groups in total. The van der Waals surface area contributed by atoms with E-state index in [0.29, 0.717) is 0 Å². The molecule has 0 aliphatic rings. The predicted octanol–water partition coefficient (Wildman–Crippen LogP) is 1.31. The van der Waals surface area contributed by atoms with Crippen molar-refractivity contribution in [2.24, 2.45) is 0 Å². The van der Waals surface area contributed by atoms with Crippen LogP contribution >= 0.6 is 0 Å². The van der Waals surface area contributed by atoms with E-state index in [2.05, 4.69) is 13.8 Å². The van der Waals surface area contributed by atoms with Crippen LogP contribution in [0, 0.1) is 0 Å². The lowest BCUT2D eigenvalue weighted by atomic mass is 10.5. The highest BCUT2D eigenvalue weighted by molar-refractivity contribution is 4.88. The Hall–Kier alpha value is -1.84. The Labute approximate surface area is 68.5 Å². The maximum Gasteiger partial charge on any atom is 0.518 e. The van der Waals surface area contributed by atoms with Crippen molar-refractivity contribution < 1.29 is 8.83 Å². The first kappa shape index (κ1) is 8.26. The molecule has 4 heteroatoms. The molecule has 2 aromatic rings. The SMILES string of the molecule is O=c1occo1.c1ccncc1. The Balaban J connectivity index is 0.000000120. The average Bonchev–Trinajstić information content (AvgIpc) is 2.60. The van der Waals surface area contributed by atoms with Crippen molar-refractivity contribution in [3.05, 3.63) is 53.7 Å². The maximum absolute atomic E-state index is 9.74. The molecular formula is C8H7NO3. The minimum absolute atomic E-state index is 0.657. The number of nitrogens with zero attached hydrogens (tertiary/aromatic N) is 1. The highest BCUT2D eigenvalue weighted by Gasteiger charge is 1.77. The summed E-state index contributed by atoms with van der Waals surface area (Å²) in [7, 11) is 0. The second-order valence-electron chi connectivity index (χ2n) is 1.78. The molecule has 0 aromatic carbocycles. The molecule has 0 fully saturated rings. The van der Waals surface area contributed by atoms with Crippen LogP contribution in [0.2, 0.25) is 0 Å². The molecular weight excluding hydrogens is 158 g/mol. The van der Waals surface area contributed by atoms with E-state index in [-0.39, 0.29) is 0 Å². The Morgan fingerprint density at radius 3 is 1.75 bits per heavy atom. The fourth-order valence-corrected chi connectivity index (χ4v) is 0.507. The topological polar surface area (TPSA) is 56.2 Å². The normalized spacial score (nSPS) is 8.33. The van der Waals surface area contributed by atoms with Gasteiger partial charge >= 0.3 is 5.82 Å². The molecule has 0 unspecified atom stereocenters. The molecule has 0 bridgehead atoms. The molecule has 2 rings (SSSR count). The minimum Gasteiger partial charge on any atom is -0.399 e. The van der Waals surface area contributed by atoms with Gasteiger partial charge in [-0.2, -0.15) is 0 Å². The van der Waals surface area contributed by atoms with Crippen molar-refractivity contribution in [3.8, 4) is 0 Å². The van der Waals surface area contributed by atoms with Crippen LogP contribution < -0.4 is 5.82 Å². The zero-order chi connectivity index (χ0) is 8.65. The van der Waals surface area contributed by atoms with Gasteiger partial charge in [0.15, 0.2) is 0 Å². The molecule has 0 amide bonds. The van der Waals surface area contributed by atoms with Crippen molar-refractivity contribution in [3.63, 3.8) is 0 Å². The van der Waals surface area contributed by atoms with Crippen molar-refractivity contribution in [2.45, 2.75) is 0 Å². The van der Waals surface area contributed by atoms with Crippen LogP contribution in [0.5, 0.6) is 0 Å². The molecule has 0 aliphatic carbocycles. The van der Waals surface area contributed by atoms with E-state index in [1.165, 1.54) is 12.5 Å². The van der Waals surface area contributed by atoms with E-state index in [4.69, 9.17) is 0 Å². The minimum atomic E-state index is -0.657. The van der Waals surface area contributed by atoms with Gasteiger partial charge in [-0.15, -0.1) is 0 Å². The lowest BCUT2D eigenvalue weighted by Crippen LogP contribution is -1.83. The number of hydrogen-bond acceptors (Lipinski definition) is 4. The third-order valence-corrected chi connectivity index (χ3v) is 0.951. The fourth-order valence-electron chi connectivity index (χ4n) is 0.507. The van der Waals surface area contributed by atoms with E-state index < -0.39 is 5.82 Å². The molecule has 4 nitrogen and oxygen atoms in total. The number of hydrogen-bond donors (Lipinski definition) is 0. The predicted molar refractivity (Wildman–Crippen MR) is 41.5 cm³/mol. The Morgan fingerprint density at radius 2 is 1.58 bits per heavy atom. The van der Waals surface area contributed by atoms with Gasteiger partial charge in [0, 0.05) is 12.4 Å². The van der Waals surface area contributed by atoms with Crippen LogP contribution in [-0.2, 0) is 0 Å². The van der Waals surface area contributed by atoms with E-state index in [1.807, 2.05) is 18.2 Å². The first-order chi connectivity index (χ1) is 5.89. The van der Waals surface area contributed by atoms with Gasteiger partial charge in [-0.1, -0.05) is 6.07 Å². The lowest BCUT2D eigenvalue weighted by molar-refractivity contribution is 0.385. The summed E-state index contributed by atoms with van der Waals surface area (Å²) in [6.07, 6.45) is 5.87. The van der Waals surface area contributed by atoms with Gasteiger partial charge in [0.2, 0.25) is 0 Å². The average molecular weight is 165 g/mol. The van der Waals surface area contributed by atoms with Gasteiger partial charge in [0.05, 0.1) is 0 Å². The van der Waals surface area contributed by atoms with E-state index in [9.17, 15) is 4.79 Å². The van der Waals surface area contributed by atoms with Gasteiger partial charge in [-0.3, -0.25) is 4.98 Å². The lowest BCUT2D eigenvalue weighted by Gasteiger charge is -1.70. The third kappa shape index (κ3) is 3.36. The Morgan fingerprint density at radius 1 is 1.00 bits per heavy atom. The molecule has 0 saturated heterocycles. The summed E-state index contributed by atoms with van der Waals surface area (Å²) in [5, 5.41) is 0. The standard InChI is InChI=1S/C5H5N.C3H2O3/c1-2-4-6-5-3-1;4-3-5-1-2-6-3/h1-5H;1-2H. The highest BCUT2D eigenvalue weighted by Crippen LogP contribution is 1.73. The smallest absolute Gasteiger partial charge is 0.399 e. The first-order valence-corrected chi connectivity index (χ1v) is 3.27. The maximum atomic E-state index is 9.74. The van der Waals surface area contributed by atoms with Crippen molar-refractivity contribution >= 4 is 0 Å². The summed E-state index contributed by atoms with van der Waals surface area (Å²) in [4.78, 5) is 13.5. The van der Waals surface area contributed by atoms with Crippen LogP contribution in [0.1, 0.15) is 0 Å². The molecule has 0 spiro atoms. The van der Waals surface area contributed by atoms with Gasteiger partial charge < -0.3 is 8.83 Å². The molecule has 2 heterocycles. The van der Waals surface area contributed by atoms with Gasteiger partial charge in [-0.05, 0) is 12.1 Å². The quantitative estimate of drug-likeness (QED) is 0.590. The van der Waals surface area contributed by atoms with E-state index in [0.717, 1.165) is 0 Å². The number of pyridine rings is 1. The van der Waals surface area contributed by atoms with Crippen LogP contribution in [0.25, 0.3) is 0 Å². The van der Waals surface area contributed by atoms with E-state index in [1.54, 1.807) is 12.4 Å². The second-order valence-corrected chi connectivity index (χ2v) is 1.78. The van der Waals surface area contributed by atoms with Crippen LogP contribution in [0.15, 0.2) is 56.7 Å². The first-order valence-electron chi connectivity index (χ1n) is 3.27. The van der Waals surface area contributed by atoms with Crippen LogP contribution in [-0.4, -0.2) is 4.98 Å². The molecule has 0 radical (unpaired) electrons. The molecule has 0 saturated carbocycles. The number of rotatable bonds is 0. The number of aromatic nitrogens is 1. The summed E-state index contributed by atoms with van der Waals surface area (Å²) in [5.41, 5.74) is 0. The fraction of sp³-hybridized carbons (Fsp3) is 0. The van der Waals surface area contributed by atoms with Crippen molar-refractivity contribution in [2.75, 3.05) is 0 Å². The van der Waals surface area contributed by atoms with Crippen molar-refractivity contribution in [1.29, 1.82) is 0 Å². The summed E-state index contributed by atoms with van der Waals surface area (Å²) in [6.45, 7) is 0. The molecule has 12 heavy (non-hydrogen) atoms. The Bertz CT molecular complexity index is 295. The second kappa shape index (κ2) is 4.90. The summed E-state index contributed by atoms with van der Waals surface area (Å²) in [6, 6.07) is 5.72. The zero-order valence-electron chi connectivity index (χ0n) is 6.21. The largest absolute Gasteiger partial charge is 0.518 e. The molecule has 0 atom stereocenters. The molecule has 2 aromatic heterocycles. The van der Waals surface area contributed by atoms with Crippen molar-refractivity contribution in [1.82, 2.24) is 4.98 Å². The molecule has 62 valence electrons. The molecule has 0 aliphatic heterocycles. The Kier molecular flexibility index (Phi) is 3.37. The van der Waals surface area contributed by atoms with E-state index >= 15 is 0 Å². The van der Waals surface area contributed by atoms with Gasteiger partial charge in [0.25, 0.3) is 0 Å². The zero-order valence-corrected chi connectivity index (χ0v) is 6.21. The summed E-state index contributed by atoms with van der Waals surface area (Å²) < 4.78 is 8.22. The van der Waals surface area contributed by atoms with Gasteiger partial charge in [-0.25, -0.2) is 4.79 Å². The summed E-state index contributed by atoms with van der Waals surface area (Å²) >= 11 is 0. The third-order valence-electron chi connectivity index (χ3n) is 0.951. The highest BCUT2D eigenvalue weighted by atomic mass is 16.5. The summed E-state index contributed by atoms with van der Waals surface area (Å²) in [5.74, 6) is -0.657. The van der Waals surface area contributed by atoms with Gasteiger partial charge in [0.1, 0.15) is 12.5 Å².